The number of hydrogen-bond donors (Lipinski definition) is 0. The van der Waals surface area contributed by atoms with Crippen molar-refractivity contribution in [3.8, 4) is 0 Å². The van der Waals surface area contributed by atoms with Gasteiger partial charge in [-0.1, -0.05) is 27.6 Å². The minimum Gasteiger partial charge on any atom is -0.373 e. The second-order valence-electron chi connectivity index (χ2n) is 5.82. The summed E-state index contributed by atoms with van der Waals surface area (Å²) < 4.78 is 58.2. The number of rotatable bonds is 8. The summed E-state index contributed by atoms with van der Waals surface area (Å²) in [4.78, 5) is 12.0. The minimum atomic E-state index is -4.97. The van der Waals surface area contributed by atoms with Gasteiger partial charge >= 0.3 is 28.2 Å². The molecule has 2 rings (SSSR count). The van der Waals surface area contributed by atoms with E-state index in [0.717, 1.165) is 0 Å². The molecular weight excluding hydrogens is 496 g/mol. The molecule has 0 aliphatic carbocycles. The molecule has 172 valence electrons. The number of hydrogen-bond acceptors (Lipinski definition) is 7. The molecule has 1 aromatic carbocycles. The summed E-state index contributed by atoms with van der Waals surface area (Å²) in [5, 5.41) is 7.70. The van der Waals surface area contributed by atoms with Crippen molar-refractivity contribution >= 4 is 44.7 Å². The topological polar surface area (TPSA) is 93.2 Å². The molecule has 0 N–H and O–H groups in total. The van der Waals surface area contributed by atoms with Crippen molar-refractivity contribution in [2.75, 3.05) is 18.0 Å². The molecule has 2 aromatic rings. The molecule has 0 spiro atoms. The van der Waals surface area contributed by atoms with Crippen LogP contribution in [0.3, 0.4) is 0 Å². The van der Waals surface area contributed by atoms with Crippen LogP contribution in [0.2, 0.25) is 0 Å². The predicted octanol–water partition coefficient (Wildman–Crippen LogP) is 5.92. The Labute approximate surface area is 193 Å². The number of nitrogens with zero attached hydrogens (tertiary/aromatic N) is 8. The zero-order valence-corrected chi connectivity index (χ0v) is 18.8. The Balaban J connectivity index is 0.00000512. The molecule has 0 fully saturated rings. The van der Waals surface area contributed by atoms with Crippen LogP contribution in [0, 0.1) is 13.1 Å². The normalized spacial score (nSPS) is 12.7. The van der Waals surface area contributed by atoms with E-state index in [0.29, 0.717) is 18.8 Å². The van der Waals surface area contributed by atoms with Gasteiger partial charge in [-0.3, -0.25) is 0 Å². The van der Waals surface area contributed by atoms with Crippen LogP contribution < -0.4 is 4.90 Å². The Kier molecular flexibility index (Phi) is 9.78. The number of azo groups is 1. The van der Waals surface area contributed by atoms with Gasteiger partial charge in [0, 0.05) is 18.8 Å². The van der Waals surface area contributed by atoms with Crippen LogP contribution in [-0.2, 0) is 37.9 Å². The van der Waals surface area contributed by atoms with Gasteiger partial charge in [-0.25, -0.2) is 8.78 Å². The average Bonchev–Trinajstić information content (AvgIpc) is 3.08. The third kappa shape index (κ3) is 5.62. The molecule has 0 bridgehead atoms. The predicted molar refractivity (Wildman–Crippen MR) is 108 cm³/mol. The molecule has 0 aliphatic heterocycles. The van der Waals surface area contributed by atoms with E-state index in [1.807, 2.05) is 18.7 Å². The monoisotopic (exact) mass is 512 g/mol. The summed E-state index contributed by atoms with van der Waals surface area (Å²) >= 11 is 0. The maximum absolute atomic E-state index is 13.1. The Morgan fingerprint density at radius 1 is 1.22 bits per heavy atom. The number of aromatic nitrogens is 2. The van der Waals surface area contributed by atoms with Gasteiger partial charge in [0.2, 0.25) is 0 Å². The minimum absolute atomic E-state index is 0. The second kappa shape index (κ2) is 11.6. The molecule has 0 radical (unpaired) electrons. The largest absolute Gasteiger partial charge is 2.00 e. The Bertz CT molecular complexity index is 1190. The molecule has 32 heavy (non-hydrogen) atoms. The smallest absolute Gasteiger partial charge is 0.373 e. The van der Waals surface area contributed by atoms with E-state index in [1.165, 1.54) is 23.7 Å². The van der Waals surface area contributed by atoms with Crippen molar-refractivity contribution in [3.05, 3.63) is 41.0 Å². The molecule has 1 unspecified atom stereocenters. The number of halogens is 3. The maximum atomic E-state index is 13.1. The standard InChI is InChI=1S/C17H17F3N8O2S.Ni/c1-6-28(7-2)11-8-9-12(13(10-11)26-31(29,30-20)16(18)19)24-25-17-23-14(21-3)15(22-4)27(17)5;/h8-10,16H,6-7H2,1-2,5H3;/q;+2. The van der Waals surface area contributed by atoms with Crippen LogP contribution in [0.15, 0.2) is 32.8 Å². The third-order valence-electron chi connectivity index (χ3n) is 4.11. The van der Waals surface area contributed by atoms with Crippen LogP contribution in [0.1, 0.15) is 13.8 Å². The first-order valence-electron chi connectivity index (χ1n) is 8.71. The van der Waals surface area contributed by atoms with Gasteiger partial charge in [0.05, 0.1) is 7.05 Å². The summed E-state index contributed by atoms with van der Waals surface area (Å²) in [6.45, 7) is 19.0. The zero-order valence-electron chi connectivity index (χ0n) is 17.0. The van der Waals surface area contributed by atoms with E-state index in [2.05, 4.69) is 33.7 Å². The van der Waals surface area contributed by atoms with Crippen molar-refractivity contribution < 1.29 is 38.4 Å². The van der Waals surface area contributed by atoms with Gasteiger partial charge in [-0.2, -0.15) is 13.1 Å². The van der Waals surface area contributed by atoms with Crippen molar-refractivity contribution in [2.24, 2.45) is 21.6 Å². The van der Waals surface area contributed by atoms with E-state index in [4.69, 9.17) is 13.1 Å². The molecule has 0 saturated heterocycles. The van der Waals surface area contributed by atoms with Crippen LogP contribution in [0.25, 0.3) is 9.69 Å². The molecule has 0 saturated carbocycles. The zero-order chi connectivity index (χ0) is 23.2. The molecule has 1 heterocycles. The Morgan fingerprint density at radius 3 is 2.34 bits per heavy atom. The van der Waals surface area contributed by atoms with Crippen LogP contribution in [0.4, 0.5) is 48.0 Å². The number of anilines is 1. The molecule has 1 atom stereocenters. The maximum Gasteiger partial charge on any atom is 2.00 e. The average molecular weight is 513 g/mol. The Morgan fingerprint density at radius 2 is 1.88 bits per heavy atom. The van der Waals surface area contributed by atoms with Crippen molar-refractivity contribution in [1.82, 2.24) is 9.55 Å². The van der Waals surface area contributed by atoms with Crippen LogP contribution >= 0.6 is 0 Å². The summed E-state index contributed by atoms with van der Waals surface area (Å²) in [5.41, 5.74) is 0.0688. The van der Waals surface area contributed by atoms with Crippen molar-refractivity contribution in [1.29, 1.82) is 0 Å². The van der Waals surface area contributed by atoms with E-state index < -0.39 is 15.8 Å². The first-order chi connectivity index (χ1) is 14.7. The quantitative estimate of drug-likeness (QED) is 0.249. The number of imidazole rings is 1. The molecule has 15 heteroatoms. The van der Waals surface area contributed by atoms with Gasteiger partial charge in [0.15, 0.2) is 0 Å². The molecular formula is C17H17F3N8NiO2S+2. The number of benzene rings is 1. The first-order valence-corrected chi connectivity index (χ1v) is 10.2. The van der Waals surface area contributed by atoms with Gasteiger partial charge in [-0.05, 0) is 36.6 Å². The molecule has 0 amide bonds. The summed E-state index contributed by atoms with van der Waals surface area (Å²) in [7, 11) is -3.53. The molecule has 0 aliphatic rings. The summed E-state index contributed by atoms with van der Waals surface area (Å²) in [6, 6.07) is 4.28. The van der Waals surface area contributed by atoms with Gasteiger partial charge in [-0.15, -0.1) is 5.11 Å². The summed E-state index contributed by atoms with van der Waals surface area (Å²) in [5.74, 6) is -4.06. The van der Waals surface area contributed by atoms with Crippen LogP contribution in [0.5, 0.6) is 0 Å². The van der Waals surface area contributed by atoms with E-state index in [1.54, 1.807) is 6.07 Å². The van der Waals surface area contributed by atoms with Gasteiger partial charge in [0.25, 0.3) is 21.6 Å². The second-order valence-corrected chi connectivity index (χ2v) is 7.51. The van der Waals surface area contributed by atoms with Crippen molar-refractivity contribution in [2.45, 2.75) is 19.6 Å². The van der Waals surface area contributed by atoms with E-state index in [-0.39, 0.29) is 45.5 Å². The fourth-order valence-electron chi connectivity index (χ4n) is 2.53. The van der Waals surface area contributed by atoms with Gasteiger partial charge in [0.1, 0.15) is 11.4 Å². The van der Waals surface area contributed by atoms with Gasteiger partial charge < -0.3 is 14.6 Å². The van der Waals surface area contributed by atoms with Crippen LogP contribution in [-0.4, -0.2) is 32.6 Å². The third-order valence-corrected chi connectivity index (χ3v) is 5.19. The van der Waals surface area contributed by atoms with E-state index in [9.17, 15) is 17.5 Å². The first kappa shape index (κ1) is 27.0. The fraction of sp³-hybridized carbons (Fsp3) is 0.353. The van der Waals surface area contributed by atoms with Crippen molar-refractivity contribution in [3.63, 3.8) is 0 Å². The SMILES string of the molecule is [C-]#[N+]c1nc(N=Nc2ccc(N(CC)CC)cc2N=S(=O)(OF)C(F)F)n(C)c1[N+]#[C-].[Ni+2]. The number of alkyl halides is 2. The molecule has 1 aromatic heterocycles. The fourth-order valence-corrected chi connectivity index (χ4v) is 3.11. The summed E-state index contributed by atoms with van der Waals surface area (Å²) in [6.07, 6.45) is 0. The Hall–Kier alpha value is -3.00. The molecule has 10 nitrogen and oxygen atoms in total. The van der Waals surface area contributed by atoms with E-state index >= 15 is 0 Å².